The molecule has 0 atom stereocenters. The summed E-state index contributed by atoms with van der Waals surface area (Å²) >= 11 is 0. The smallest absolute Gasteiger partial charge is 0.268 e. The molecule has 0 aromatic heterocycles. The van der Waals surface area contributed by atoms with E-state index in [0.29, 0.717) is 0 Å². The second kappa shape index (κ2) is 8.47. The molecule has 23 heavy (non-hydrogen) atoms. The van der Waals surface area contributed by atoms with E-state index >= 15 is 0 Å². The normalized spacial score (nSPS) is 12.1. The van der Waals surface area contributed by atoms with Crippen molar-refractivity contribution in [1.82, 2.24) is 0 Å². The number of nitrogens with zero attached hydrogens (tertiary/aromatic N) is 1. The Bertz CT molecular complexity index is 709. The first-order valence-corrected chi connectivity index (χ1v) is 10.4. The summed E-state index contributed by atoms with van der Waals surface area (Å²) in [6.45, 7) is 5.41. The lowest BCUT2D eigenvalue weighted by atomic mass is 10.1. The van der Waals surface area contributed by atoms with Gasteiger partial charge in [-0.25, -0.2) is 8.42 Å². The highest BCUT2D eigenvalue weighted by atomic mass is 32.3. The van der Waals surface area contributed by atoms with E-state index in [1.807, 2.05) is 0 Å². The zero-order valence-corrected chi connectivity index (χ0v) is 14.8. The van der Waals surface area contributed by atoms with Crippen LogP contribution in [0.5, 0.6) is 0 Å². The van der Waals surface area contributed by atoms with E-state index < -0.39 is 26.1 Å². The number of benzene rings is 1. The number of hydrogen-bond donors (Lipinski definition) is 1. The first-order valence-electron chi connectivity index (χ1n) is 7.43. The lowest BCUT2D eigenvalue weighted by Gasteiger charge is -2.20. The average molecular weight is 361 g/mol. The van der Waals surface area contributed by atoms with Gasteiger partial charge in [0.1, 0.15) is 0 Å². The molecule has 0 amide bonds. The molecule has 0 radical (unpaired) electrons. The quantitative estimate of drug-likeness (QED) is 0.393. The lowest BCUT2D eigenvalue weighted by Crippen LogP contribution is -2.37. The van der Waals surface area contributed by atoms with Crippen LogP contribution in [0.4, 0.5) is 5.69 Å². The molecule has 0 aliphatic rings. The first kappa shape index (κ1) is 19.7. The lowest BCUT2D eigenvalue weighted by molar-refractivity contribution is 0.484. The highest BCUT2D eigenvalue weighted by Gasteiger charge is 2.31. The number of aryl methyl sites for hydroxylation is 1. The van der Waals surface area contributed by atoms with Crippen molar-refractivity contribution in [3.63, 3.8) is 0 Å². The third-order valence-corrected chi connectivity index (χ3v) is 6.51. The van der Waals surface area contributed by atoms with Crippen LogP contribution in [0.3, 0.4) is 0 Å². The Kier molecular flexibility index (Phi) is 7.24. The van der Waals surface area contributed by atoms with Gasteiger partial charge in [0.25, 0.3) is 10.0 Å². The Labute approximate surface area is 138 Å². The molecule has 0 aliphatic carbocycles. The van der Waals surface area contributed by atoms with Crippen LogP contribution in [0.15, 0.2) is 36.9 Å². The van der Waals surface area contributed by atoms with Crippen molar-refractivity contribution in [1.29, 1.82) is 0 Å². The molecule has 8 heteroatoms. The molecule has 1 N–H and O–H groups in total. The zero-order chi connectivity index (χ0) is 17.5. The van der Waals surface area contributed by atoms with Gasteiger partial charge in [-0.2, -0.15) is 8.42 Å². The molecule has 0 aliphatic heterocycles. The topological polar surface area (TPSA) is 91.8 Å². The van der Waals surface area contributed by atoms with Crippen LogP contribution in [-0.4, -0.2) is 27.1 Å². The molecule has 0 fully saturated rings. The van der Waals surface area contributed by atoms with E-state index in [1.165, 1.54) is 12.1 Å². The van der Waals surface area contributed by atoms with Crippen LogP contribution < -0.4 is 3.71 Å². The molecule has 0 spiro atoms. The van der Waals surface area contributed by atoms with Crippen LogP contribution in [0.1, 0.15) is 38.2 Å². The van der Waals surface area contributed by atoms with E-state index in [1.54, 1.807) is 12.1 Å². The minimum absolute atomic E-state index is 0.0303. The van der Waals surface area contributed by atoms with E-state index in [4.69, 9.17) is 0 Å². The van der Waals surface area contributed by atoms with Crippen molar-refractivity contribution < 1.29 is 21.4 Å². The summed E-state index contributed by atoms with van der Waals surface area (Å²) in [5.41, 5.74) is 0.868. The Morgan fingerprint density at radius 3 is 2.17 bits per heavy atom. The fourth-order valence-electron chi connectivity index (χ4n) is 2.19. The van der Waals surface area contributed by atoms with Gasteiger partial charge in [0, 0.05) is 0 Å². The summed E-state index contributed by atoms with van der Waals surface area (Å²) in [4.78, 5) is 0. The van der Waals surface area contributed by atoms with Crippen LogP contribution in [0.25, 0.3) is 0 Å². The van der Waals surface area contributed by atoms with Crippen molar-refractivity contribution in [2.45, 2.75) is 39.0 Å². The predicted molar refractivity (Wildman–Crippen MR) is 92.3 cm³/mol. The summed E-state index contributed by atoms with van der Waals surface area (Å²) in [6.07, 6.45) is 6.34. The number of hydrogen-bond acceptors (Lipinski definition) is 4. The van der Waals surface area contributed by atoms with Gasteiger partial charge in [-0.1, -0.05) is 44.4 Å². The van der Waals surface area contributed by atoms with Gasteiger partial charge in [0.2, 0.25) is 0 Å². The summed E-state index contributed by atoms with van der Waals surface area (Å²) in [7, 11) is -9.18. The maximum Gasteiger partial charge on any atom is 0.373 e. The molecule has 0 bridgehead atoms. The van der Waals surface area contributed by atoms with Gasteiger partial charge in [-0.3, -0.25) is 4.55 Å². The average Bonchev–Trinajstić information content (AvgIpc) is 2.43. The van der Waals surface area contributed by atoms with Crippen molar-refractivity contribution in [2.24, 2.45) is 0 Å². The number of unbranched alkanes of at least 4 members (excludes halogenated alkanes) is 3. The Hall–Kier alpha value is -1.38. The predicted octanol–water partition coefficient (Wildman–Crippen LogP) is 2.93. The molecule has 0 unspecified atom stereocenters. The third-order valence-electron chi connectivity index (χ3n) is 3.26. The molecule has 1 aromatic carbocycles. The molecule has 6 nitrogen and oxygen atoms in total. The Morgan fingerprint density at radius 1 is 1.09 bits per heavy atom. The van der Waals surface area contributed by atoms with Gasteiger partial charge in [0.15, 0.2) is 0 Å². The standard InChI is InChI=1S/C15H23NO5S2/c1-3-5-6-7-8-14-9-11-15(12-10-14)16(23(19,20)21)22(17,18)13-4-2/h4,9-12H,2-3,5-8,13H2,1H3,(H,19,20,21). The Morgan fingerprint density at radius 2 is 1.70 bits per heavy atom. The van der Waals surface area contributed by atoms with Gasteiger partial charge >= 0.3 is 10.3 Å². The minimum Gasteiger partial charge on any atom is -0.268 e. The third kappa shape index (κ3) is 5.96. The van der Waals surface area contributed by atoms with Gasteiger partial charge in [-0.05, 0) is 30.5 Å². The van der Waals surface area contributed by atoms with E-state index in [9.17, 15) is 21.4 Å². The highest BCUT2D eigenvalue weighted by molar-refractivity contribution is 8.08. The zero-order valence-electron chi connectivity index (χ0n) is 13.2. The molecule has 1 rings (SSSR count). The van der Waals surface area contributed by atoms with E-state index in [2.05, 4.69) is 13.5 Å². The summed E-state index contributed by atoms with van der Waals surface area (Å²) in [6, 6.07) is 6.10. The second-order valence-electron chi connectivity index (χ2n) is 5.22. The first-order chi connectivity index (χ1) is 10.7. The molecular weight excluding hydrogens is 338 g/mol. The maximum absolute atomic E-state index is 12.0. The van der Waals surface area contributed by atoms with Crippen LogP contribution >= 0.6 is 0 Å². The van der Waals surface area contributed by atoms with E-state index in [-0.39, 0.29) is 9.40 Å². The Balaban J connectivity index is 2.99. The number of sulfonamides is 1. The largest absolute Gasteiger partial charge is 0.373 e. The molecule has 0 saturated heterocycles. The molecule has 0 heterocycles. The van der Waals surface area contributed by atoms with E-state index in [0.717, 1.165) is 43.7 Å². The molecule has 0 saturated carbocycles. The summed E-state index contributed by atoms with van der Waals surface area (Å²) in [5, 5.41) is 0. The summed E-state index contributed by atoms with van der Waals surface area (Å²) in [5.74, 6) is -0.592. The molecule has 130 valence electrons. The monoisotopic (exact) mass is 361 g/mol. The van der Waals surface area contributed by atoms with Crippen LogP contribution in [0, 0.1) is 0 Å². The fourth-order valence-corrected chi connectivity index (χ4v) is 4.79. The fraction of sp³-hybridized carbons (Fsp3) is 0.467. The van der Waals surface area contributed by atoms with Crippen molar-refractivity contribution in [3.8, 4) is 0 Å². The number of rotatable bonds is 10. The molecule has 1 aromatic rings. The van der Waals surface area contributed by atoms with Crippen molar-refractivity contribution in [2.75, 3.05) is 9.46 Å². The second-order valence-corrected chi connectivity index (χ2v) is 8.57. The van der Waals surface area contributed by atoms with Crippen molar-refractivity contribution >= 4 is 26.0 Å². The number of anilines is 1. The highest BCUT2D eigenvalue weighted by Crippen LogP contribution is 2.23. The van der Waals surface area contributed by atoms with Gasteiger partial charge in [-0.15, -0.1) is 10.3 Å². The minimum atomic E-state index is -4.94. The summed E-state index contributed by atoms with van der Waals surface area (Å²) < 4.78 is 56.2. The molecular formula is C15H23NO5S2. The van der Waals surface area contributed by atoms with Gasteiger partial charge < -0.3 is 0 Å². The van der Waals surface area contributed by atoms with Gasteiger partial charge in [0.05, 0.1) is 11.4 Å². The van der Waals surface area contributed by atoms with Crippen LogP contribution in [-0.2, 0) is 26.7 Å². The SMILES string of the molecule is C=CCS(=O)(=O)N(c1ccc(CCCCCC)cc1)S(=O)(=O)O. The maximum atomic E-state index is 12.0. The van der Waals surface area contributed by atoms with Crippen molar-refractivity contribution in [3.05, 3.63) is 42.5 Å². The van der Waals surface area contributed by atoms with Crippen LogP contribution in [0.2, 0.25) is 0 Å².